The topological polar surface area (TPSA) is 46.0 Å². The maximum Gasteiger partial charge on any atom is 0.138 e. The summed E-state index contributed by atoms with van der Waals surface area (Å²) in [6, 6.07) is 17.3. The minimum atomic E-state index is 0.281. The van der Waals surface area contributed by atoms with Crippen molar-refractivity contribution in [2.75, 3.05) is 19.0 Å². The van der Waals surface area contributed by atoms with E-state index in [1.807, 2.05) is 0 Å². The summed E-state index contributed by atoms with van der Waals surface area (Å²) in [6.45, 7) is 3.03. The highest BCUT2D eigenvalue weighted by Crippen LogP contribution is 2.17. The fourth-order valence-electron chi connectivity index (χ4n) is 2.56. The van der Waals surface area contributed by atoms with E-state index in [1.54, 1.807) is 17.3 Å². The summed E-state index contributed by atoms with van der Waals surface area (Å²) >= 11 is 0. The molecule has 1 atom stereocenters. The molecular formula is C19H23N5. The molecule has 1 heterocycles. The van der Waals surface area contributed by atoms with Crippen LogP contribution < -0.4 is 10.2 Å². The van der Waals surface area contributed by atoms with E-state index in [1.165, 1.54) is 16.8 Å². The molecule has 0 bridgehead atoms. The number of aromatic nitrogens is 3. The van der Waals surface area contributed by atoms with Crippen LogP contribution in [0.3, 0.4) is 0 Å². The highest BCUT2D eigenvalue weighted by molar-refractivity contribution is 5.46. The van der Waals surface area contributed by atoms with Crippen molar-refractivity contribution < 1.29 is 0 Å². The molecule has 0 aliphatic heterocycles. The van der Waals surface area contributed by atoms with Crippen LogP contribution in [0.1, 0.15) is 24.1 Å². The second-order valence-electron chi connectivity index (χ2n) is 6.10. The number of hydrogen-bond acceptors (Lipinski definition) is 4. The van der Waals surface area contributed by atoms with Crippen LogP contribution in [0.4, 0.5) is 5.69 Å². The van der Waals surface area contributed by atoms with Crippen molar-refractivity contribution in [2.24, 2.45) is 0 Å². The summed E-state index contributed by atoms with van der Waals surface area (Å²) in [5.41, 5.74) is 4.77. The van der Waals surface area contributed by atoms with Crippen LogP contribution in [0.5, 0.6) is 0 Å². The lowest BCUT2D eigenvalue weighted by Gasteiger charge is -2.16. The molecule has 3 aromatic rings. The Kier molecular flexibility index (Phi) is 4.91. The van der Waals surface area contributed by atoms with Crippen LogP contribution in [0.2, 0.25) is 0 Å². The summed E-state index contributed by atoms with van der Waals surface area (Å²) in [7, 11) is 4.11. The van der Waals surface area contributed by atoms with Crippen molar-refractivity contribution in [1.29, 1.82) is 0 Å². The van der Waals surface area contributed by atoms with Crippen molar-refractivity contribution in [3.63, 3.8) is 0 Å². The average Bonchev–Trinajstić information content (AvgIpc) is 3.15. The second-order valence-corrected chi connectivity index (χ2v) is 6.10. The number of hydrogen-bond donors (Lipinski definition) is 1. The number of nitrogens with one attached hydrogen (secondary N) is 1. The Bertz CT molecular complexity index is 745. The van der Waals surface area contributed by atoms with E-state index in [4.69, 9.17) is 0 Å². The van der Waals surface area contributed by atoms with Crippen LogP contribution in [0.15, 0.2) is 61.2 Å². The monoisotopic (exact) mass is 321 g/mol. The molecule has 0 fully saturated rings. The SMILES string of the molecule is C[C@H](NCc1ccc(N(C)C)cc1)c1ccc(-n2cncn2)cc1. The summed E-state index contributed by atoms with van der Waals surface area (Å²) in [5, 5.41) is 7.71. The van der Waals surface area contributed by atoms with Gasteiger partial charge in [0.05, 0.1) is 5.69 Å². The zero-order valence-corrected chi connectivity index (χ0v) is 14.3. The Hall–Kier alpha value is -2.66. The van der Waals surface area contributed by atoms with Gasteiger partial charge in [0.15, 0.2) is 0 Å². The van der Waals surface area contributed by atoms with Crippen LogP contribution >= 0.6 is 0 Å². The van der Waals surface area contributed by atoms with Crippen LogP contribution in [0.25, 0.3) is 5.69 Å². The fraction of sp³-hybridized carbons (Fsp3) is 0.263. The van der Waals surface area contributed by atoms with Crippen LogP contribution in [-0.4, -0.2) is 28.9 Å². The molecule has 0 saturated heterocycles. The van der Waals surface area contributed by atoms with Gasteiger partial charge >= 0.3 is 0 Å². The Morgan fingerprint density at radius 3 is 2.33 bits per heavy atom. The predicted molar refractivity (Wildman–Crippen MR) is 97.4 cm³/mol. The van der Waals surface area contributed by atoms with E-state index in [9.17, 15) is 0 Å². The summed E-state index contributed by atoms with van der Waals surface area (Å²) in [6.07, 6.45) is 3.24. The molecule has 5 nitrogen and oxygen atoms in total. The maximum absolute atomic E-state index is 4.14. The Morgan fingerprint density at radius 1 is 1.04 bits per heavy atom. The normalized spacial score (nSPS) is 12.1. The van der Waals surface area contributed by atoms with E-state index in [0.717, 1.165) is 12.2 Å². The maximum atomic E-state index is 4.14. The lowest BCUT2D eigenvalue weighted by atomic mass is 10.1. The first-order chi connectivity index (χ1) is 11.6. The lowest BCUT2D eigenvalue weighted by molar-refractivity contribution is 0.574. The summed E-state index contributed by atoms with van der Waals surface area (Å²) < 4.78 is 1.76. The molecule has 0 amide bonds. The van der Waals surface area contributed by atoms with Gasteiger partial charge in [0.1, 0.15) is 12.7 Å². The van der Waals surface area contributed by atoms with Crippen LogP contribution in [0, 0.1) is 0 Å². The second kappa shape index (κ2) is 7.27. The summed E-state index contributed by atoms with van der Waals surface area (Å²) in [4.78, 5) is 6.08. The quantitative estimate of drug-likeness (QED) is 0.757. The third-order valence-corrected chi connectivity index (χ3v) is 4.14. The Balaban J connectivity index is 1.59. The van der Waals surface area contributed by atoms with Gasteiger partial charge in [-0.15, -0.1) is 0 Å². The van der Waals surface area contributed by atoms with E-state index in [0.29, 0.717) is 0 Å². The van der Waals surface area contributed by atoms with Crippen molar-refractivity contribution >= 4 is 5.69 Å². The van der Waals surface area contributed by atoms with Gasteiger partial charge in [0, 0.05) is 32.4 Å². The number of rotatable bonds is 6. The molecule has 5 heteroatoms. The zero-order valence-electron chi connectivity index (χ0n) is 14.3. The largest absolute Gasteiger partial charge is 0.378 e. The first kappa shape index (κ1) is 16.2. The number of benzene rings is 2. The molecule has 0 unspecified atom stereocenters. The third kappa shape index (κ3) is 3.81. The van der Waals surface area contributed by atoms with Gasteiger partial charge in [-0.25, -0.2) is 9.67 Å². The number of anilines is 1. The molecule has 124 valence electrons. The minimum absolute atomic E-state index is 0.281. The molecule has 0 spiro atoms. The van der Waals surface area contributed by atoms with Gasteiger partial charge in [-0.1, -0.05) is 24.3 Å². The summed E-state index contributed by atoms with van der Waals surface area (Å²) in [5.74, 6) is 0. The average molecular weight is 321 g/mol. The molecular weight excluding hydrogens is 298 g/mol. The standard InChI is InChI=1S/C19H23N5/c1-15(21-12-16-4-8-18(9-5-16)23(2)3)17-6-10-19(11-7-17)24-14-20-13-22-24/h4-11,13-15,21H,12H2,1-3H3/t15-/m0/s1. The Labute approximate surface area is 143 Å². The minimum Gasteiger partial charge on any atom is -0.378 e. The molecule has 0 saturated carbocycles. The third-order valence-electron chi connectivity index (χ3n) is 4.14. The van der Waals surface area contributed by atoms with Crippen molar-refractivity contribution in [3.05, 3.63) is 72.3 Å². The van der Waals surface area contributed by atoms with Gasteiger partial charge in [-0.05, 0) is 42.3 Å². The van der Waals surface area contributed by atoms with Crippen molar-refractivity contribution in [3.8, 4) is 5.69 Å². The molecule has 3 rings (SSSR count). The molecule has 0 radical (unpaired) electrons. The molecule has 1 N–H and O–H groups in total. The van der Waals surface area contributed by atoms with Gasteiger partial charge in [-0.2, -0.15) is 5.10 Å². The first-order valence-electron chi connectivity index (χ1n) is 8.08. The lowest BCUT2D eigenvalue weighted by Crippen LogP contribution is -2.18. The first-order valence-corrected chi connectivity index (χ1v) is 8.08. The van der Waals surface area contributed by atoms with E-state index < -0.39 is 0 Å². The molecule has 24 heavy (non-hydrogen) atoms. The van der Waals surface area contributed by atoms with E-state index >= 15 is 0 Å². The van der Waals surface area contributed by atoms with Crippen molar-refractivity contribution in [1.82, 2.24) is 20.1 Å². The highest BCUT2D eigenvalue weighted by Gasteiger charge is 2.06. The highest BCUT2D eigenvalue weighted by atomic mass is 15.3. The van der Waals surface area contributed by atoms with Gasteiger partial charge in [0.25, 0.3) is 0 Å². The number of nitrogens with zero attached hydrogens (tertiary/aromatic N) is 4. The van der Waals surface area contributed by atoms with Crippen molar-refractivity contribution in [2.45, 2.75) is 19.5 Å². The van der Waals surface area contributed by atoms with E-state index in [-0.39, 0.29) is 6.04 Å². The van der Waals surface area contributed by atoms with Crippen LogP contribution in [-0.2, 0) is 6.54 Å². The Morgan fingerprint density at radius 2 is 1.75 bits per heavy atom. The zero-order chi connectivity index (χ0) is 16.9. The van der Waals surface area contributed by atoms with E-state index in [2.05, 4.69) is 89.8 Å². The van der Waals surface area contributed by atoms with Gasteiger partial charge in [-0.3, -0.25) is 0 Å². The molecule has 0 aliphatic rings. The van der Waals surface area contributed by atoms with Gasteiger partial charge in [0.2, 0.25) is 0 Å². The predicted octanol–water partition coefficient (Wildman–Crippen LogP) is 3.18. The molecule has 0 aliphatic carbocycles. The smallest absolute Gasteiger partial charge is 0.138 e. The van der Waals surface area contributed by atoms with Gasteiger partial charge < -0.3 is 10.2 Å². The molecule has 1 aromatic heterocycles. The fourth-order valence-corrected chi connectivity index (χ4v) is 2.56. The molecule has 2 aromatic carbocycles.